The lowest BCUT2D eigenvalue weighted by Gasteiger charge is -2.23. The molecule has 0 bridgehead atoms. The van der Waals surface area contributed by atoms with Crippen LogP contribution in [0.4, 0.5) is 0 Å². The third kappa shape index (κ3) is 2.34. The van der Waals surface area contributed by atoms with Gasteiger partial charge in [-0.2, -0.15) is 4.98 Å². The Labute approximate surface area is 123 Å². The van der Waals surface area contributed by atoms with Crippen molar-refractivity contribution < 1.29 is 14.6 Å². The summed E-state index contributed by atoms with van der Waals surface area (Å²) >= 11 is 0. The molecule has 0 saturated heterocycles. The Hall–Kier alpha value is -2.14. The minimum Gasteiger partial charge on any atom is -0.480 e. The summed E-state index contributed by atoms with van der Waals surface area (Å²) in [5.41, 5.74) is 1.30. The molecule has 5 nitrogen and oxygen atoms in total. The molecule has 1 aliphatic carbocycles. The fraction of sp³-hybridized carbons (Fsp3) is 0.375. The van der Waals surface area contributed by atoms with Gasteiger partial charge in [-0.05, 0) is 18.4 Å². The van der Waals surface area contributed by atoms with Gasteiger partial charge in [0.05, 0.1) is 20.4 Å². The van der Waals surface area contributed by atoms with Gasteiger partial charge >= 0.3 is 0 Å². The van der Waals surface area contributed by atoms with Gasteiger partial charge in [-0.25, -0.2) is 4.98 Å². The summed E-state index contributed by atoms with van der Waals surface area (Å²) in [5, 5.41) is 10.8. The van der Waals surface area contributed by atoms with Gasteiger partial charge in [-0.15, -0.1) is 0 Å². The van der Waals surface area contributed by atoms with Crippen LogP contribution in [0.25, 0.3) is 0 Å². The highest BCUT2D eigenvalue weighted by molar-refractivity contribution is 5.38. The van der Waals surface area contributed by atoms with E-state index in [2.05, 4.69) is 9.97 Å². The van der Waals surface area contributed by atoms with E-state index in [0.717, 1.165) is 18.4 Å². The summed E-state index contributed by atoms with van der Waals surface area (Å²) in [5.74, 6) is 0.677. The molecular formula is C16H18N2O3. The number of aromatic nitrogens is 2. The van der Waals surface area contributed by atoms with Crippen molar-refractivity contribution in [3.63, 3.8) is 0 Å². The number of nitrogens with zero attached hydrogens (tertiary/aromatic N) is 2. The molecule has 1 heterocycles. The van der Waals surface area contributed by atoms with E-state index in [4.69, 9.17) is 9.47 Å². The molecule has 1 unspecified atom stereocenters. The molecule has 110 valence electrons. The molecule has 1 fully saturated rings. The molecule has 1 N–H and O–H groups in total. The molecule has 1 aromatic carbocycles. The maximum Gasteiger partial charge on any atom is 0.241 e. The number of methoxy groups -OCH3 is 2. The van der Waals surface area contributed by atoms with Crippen LogP contribution < -0.4 is 9.47 Å². The zero-order valence-corrected chi connectivity index (χ0v) is 12.1. The number of ether oxygens (including phenoxy) is 2. The van der Waals surface area contributed by atoms with Crippen molar-refractivity contribution in [2.24, 2.45) is 0 Å². The first-order valence-corrected chi connectivity index (χ1v) is 6.90. The largest absolute Gasteiger partial charge is 0.480 e. The lowest BCUT2D eigenvalue weighted by molar-refractivity contribution is 0.123. The lowest BCUT2D eigenvalue weighted by Crippen LogP contribution is -2.20. The molecule has 0 aliphatic heterocycles. The number of benzene rings is 1. The number of hydrogen-bond donors (Lipinski definition) is 1. The molecule has 5 heteroatoms. The van der Waals surface area contributed by atoms with Crippen LogP contribution in [0.5, 0.6) is 11.8 Å². The monoisotopic (exact) mass is 286 g/mol. The van der Waals surface area contributed by atoms with Gasteiger partial charge in [0.2, 0.25) is 11.8 Å². The second-order valence-corrected chi connectivity index (χ2v) is 5.23. The van der Waals surface area contributed by atoms with E-state index in [0.29, 0.717) is 17.5 Å². The van der Waals surface area contributed by atoms with Crippen molar-refractivity contribution in [1.82, 2.24) is 9.97 Å². The van der Waals surface area contributed by atoms with Gasteiger partial charge in [-0.3, -0.25) is 0 Å². The Kier molecular flexibility index (Phi) is 3.51. The Balaban J connectivity index is 1.97. The van der Waals surface area contributed by atoms with E-state index in [-0.39, 0.29) is 5.41 Å². The molecule has 1 saturated carbocycles. The van der Waals surface area contributed by atoms with Gasteiger partial charge in [0.15, 0.2) is 0 Å². The van der Waals surface area contributed by atoms with E-state index in [1.807, 2.05) is 30.3 Å². The Morgan fingerprint density at radius 3 is 2.43 bits per heavy atom. The van der Waals surface area contributed by atoms with Crippen LogP contribution in [0, 0.1) is 0 Å². The molecule has 0 amide bonds. The first kappa shape index (κ1) is 13.8. The van der Waals surface area contributed by atoms with Crippen LogP contribution >= 0.6 is 0 Å². The van der Waals surface area contributed by atoms with E-state index in [1.165, 1.54) is 20.4 Å². The van der Waals surface area contributed by atoms with Crippen molar-refractivity contribution in [2.75, 3.05) is 14.2 Å². The van der Waals surface area contributed by atoms with Crippen LogP contribution in [0.15, 0.2) is 36.5 Å². The molecular weight excluding hydrogens is 268 g/mol. The summed E-state index contributed by atoms with van der Waals surface area (Å²) < 4.78 is 10.3. The second kappa shape index (κ2) is 5.33. The molecule has 3 rings (SSSR count). The highest BCUT2D eigenvalue weighted by Crippen LogP contribution is 2.57. The lowest BCUT2D eigenvalue weighted by atomic mass is 9.88. The summed E-state index contributed by atoms with van der Waals surface area (Å²) in [7, 11) is 3.04. The average Bonchev–Trinajstić information content (AvgIpc) is 3.36. The van der Waals surface area contributed by atoms with Gasteiger partial charge in [0, 0.05) is 5.41 Å². The third-order valence-corrected chi connectivity index (χ3v) is 4.07. The number of aliphatic hydroxyl groups is 1. The zero-order valence-electron chi connectivity index (χ0n) is 12.1. The second-order valence-electron chi connectivity index (χ2n) is 5.23. The quantitative estimate of drug-likeness (QED) is 0.913. The van der Waals surface area contributed by atoms with E-state index in [1.54, 1.807) is 0 Å². The SMILES string of the molecule is COc1cnc(C(O)C2(c3ccccc3)CC2)c(OC)n1. The smallest absolute Gasteiger partial charge is 0.241 e. The average molecular weight is 286 g/mol. The van der Waals surface area contributed by atoms with E-state index in [9.17, 15) is 5.11 Å². The number of hydrogen-bond acceptors (Lipinski definition) is 5. The topological polar surface area (TPSA) is 64.5 Å². The molecule has 1 aromatic heterocycles. The molecule has 21 heavy (non-hydrogen) atoms. The summed E-state index contributed by atoms with van der Waals surface area (Å²) in [6, 6.07) is 10.0. The fourth-order valence-corrected chi connectivity index (χ4v) is 2.69. The molecule has 1 aliphatic rings. The van der Waals surface area contributed by atoms with Crippen molar-refractivity contribution >= 4 is 0 Å². The maximum atomic E-state index is 10.8. The first-order chi connectivity index (χ1) is 10.2. The minimum atomic E-state index is -0.742. The van der Waals surface area contributed by atoms with Crippen LogP contribution in [-0.4, -0.2) is 29.3 Å². The summed E-state index contributed by atoms with van der Waals surface area (Å²) in [6.07, 6.45) is 2.61. The van der Waals surface area contributed by atoms with Crippen LogP contribution in [-0.2, 0) is 5.41 Å². The Morgan fingerprint density at radius 2 is 1.86 bits per heavy atom. The standard InChI is InChI=1S/C16H18N2O3/c1-20-12-10-17-13(15(18-12)21-2)14(19)16(8-9-16)11-6-4-3-5-7-11/h3-7,10,14,19H,8-9H2,1-2H3. The molecule has 0 spiro atoms. The van der Waals surface area contributed by atoms with Crippen molar-refractivity contribution in [3.05, 3.63) is 47.8 Å². The van der Waals surface area contributed by atoms with Crippen molar-refractivity contribution in [2.45, 2.75) is 24.4 Å². The first-order valence-electron chi connectivity index (χ1n) is 6.90. The van der Waals surface area contributed by atoms with Gasteiger partial charge in [0.1, 0.15) is 11.8 Å². The molecule has 2 aromatic rings. The predicted octanol–water partition coefficient (Wildman–Crippen LogP) is 2.26. The highest BCUT2D eigenvalue weighted by Gasteiger charge is 2.52. The normalized spacial score (nSPS) is 17.1. The van der Waals surface area contributed by atoms with Crippen molar-refractivity contribution in [1.29, 1.82) is 0 Å². The van der Waals surface area contributed by atoms with Gasteiger partial charge < -0.3 is 14.6 Å². The molecule has 1 atom stereocenters. The zero-order chi connectivity index (χ0) is 14.9. The van der Waals surface area contributed by atoms with Gasteiger partial charge in [0.25, 0.3) is 0 Å². The van der Waals surface area contributed by atoms with Crippen LogP contribution in [0.2, 0.25) is 0 Å². The summed E-state index contributed by atoms with van der Waals surface area (Å²) in [4.78, 5) is 8.49. The van der Waals surface area contributed by atoms with E-state index < -0.39 is 6.10 Å². The molecule has 0 radical (unpaired) electrons. The van der Waals surface area contributed by atoms with Crippen molar-refractivity contribution in [3.8, 4) is 11.8 Å². The van der Waals surface area contributed by atoms with E-state index >= 15 is 0 Å². The summed E-state index contributed by atoms with van der Waals surface area (Å²) in [6.45, 7) is 0. The predicted molar refractivity (Wildman–Crippen MR) is 77.4 cm³/mol. The third-order valence-electron chi connectivity index (χ3n) is 4.07. The minimum absolute atomic E-state index is 0.280. The van der Waals surface area contributed by atoms with Gasteiger partial charge in [-0.1, -0.05) is 30.3 Å². The number of rotatable bonds is 5. The maximum absolute atomic E-state index is 10.8. The van der Waals surface area contributed by atoms with Crippen LogP contribution in [0.1, 0.15) is 30.2 Å². The Morgan fingerprint density at radius 1 is 1.14 bits per heavy atom. The van der Waals surface area contributed by atoms with Crippen LogP contribution in [0.3, 0.4) is 0 Å². The number of aliphatic hydroxyl groups excluding tert-OH is 1. The highest BCUT2D eigenvalue weighted by atomic mass is 16.5. The fourth-order valence-electron chi connectivity index (χ4n) is 2.69. The Bertz CT molecular complexity index is 627.